The number of anilines is 1. The van der Waals surface area contributed by atoms with Gasteiger partial charge in [0, 0.05) is 6.92 Å². The molecule has 1 N–H and O–H groups in total. The van der Waals surface area contributed by atoms with Crippen molar-refractivity contribution < 1.29 is 4.79 Å². The topological polar surface area (TPSA) is 76.9 Å². The lowest BCUT2D eigenvalue weighted by atomic mass is 10.0. The summed E-state index contributed by atoms with van der Waals surface area (Å²) in [5.41, 5.74) is 1.44. The van der Waals surface area contributed by atoms with Gasteiger partial charge in [-0.05, 0) is 24.1 Å². The molecule has 1 aromatic carbocycles. The van der Waals surface area contributed by atoms with Crippen molar-refractivity contribution in [2.45, 2.75) is 26.3 Å². The quantitative estimate of drug-likeness (QED) is 0.727. The lowest BCUT2D eigenvalue weighted by Gasteiger charge is -2.21. The maximum atomic E-state index is 13.0. The molecular weight excluding hydrogens is 340 g/mol. The van der Waals surface area contributed by atoms with Crippen LogP contribution in [0.25, 0.3) is 11.2 Å². The minimum absolute atomic E-state index is 0.0153. The molecular formula is C18H17ClN4O2. The molecule has 0 unspecified atom stereocenters. The molecule has 6 nitrogen and oxygen atoms in total. The third kappa shape index (κ3) is 3.39. The fraction of sp³-hybridized carbons (Fsp3) is 0.222. The second-order valence-electron chi connectivity index (χ2n) is 5.63. The van der Waals surface area contributed by atoms with E-state index < -0.39 is 5.56 Å². The molecule has 0 saturated heterocycles. The molecule has 0 aliphatic carbocycles. The van der Waals surface area contributed by atoms with Crippen molar-refractivity contribution in [2.24, 2.45) is 0 Å². The minimum atomic E-state index is -0.409. The smallest absolute Gasteiger partial charge is 0.295 e. The lowest BCUT2D eigenvalue weighted by molar-refractivity contribution is -0.114. The maximum Gasteiger partial charge on any atom is 0.295 e. The van der Waals surface area contributed by atoms with E-state index in [1.165, 1.54) is 6.92 Å². The molecule has 0 saturated carbocycles. The Kier molecular flexibility index (Phi) is 4.81. The number of amides is 1. The first-order chi connectivity index (χ1) is 12.0. The predicted molar refractivity (Wildman–Crippen MR) is 98.0 cm³/mol. The molecule has 0 fully saturated rings. The van der Waals surface area contributed by atoms with E-state index in [0.717, 1.165) is 5.56 Å². The first-order valence-electron chi connectivity index (χ1n) is 7.92. The van der Waals surface area contributed by atoms with E-state index in [1.807, 2.05) is 37.3 Å². The van der Waals surface area contributed by atoms with Crippen molar-refractivity contribution in [3.05, 3.63) is 63.5 Å². The number of hydrogen-bond donors (Lipinski definition) is 1. The first-order valence-corrected chi connectivity index (χ1v) is 8.30. The van der Waals surface area contributed by atoms with Crippen molar-refractivity contribution in [3.8, 4) is 0 Å². The molecule has 2 aromatic heterocycles. The largest absolute Gasteiger partial charge is 0.306 e. The summed E-state index contributed by atoms with van der Waals surface area (Å²) in [6.45, 7) is 3.32. The summed E-state index contributed by atoms with van der Waals surface area (Å²) in [4.78, 5) is 33.0. The number of fused-ring (bicyclic) bond motifs is 1. The Hall–Kier alpha value is -2.73. The van der Waals surface area contributed by atoms with Crippen LogP contribution in [0.2, 0.25) is 5.15 Å². The highest BCUT2D eigenvalue weighted by atomic mass is 35.5. The highest BCUT2D eigenvalue weighted by Crippen LogP contribution is 2.25. The Morgan fingerprint density at radius 1 is 1.20 bits per heavy atom. The Balaban J connectivity index is 2.33. The van der Waals surface area contributed by atoms with E-state index in [9.17, 15) is 9.59 Å². The van der Waals surface area contributed by atoms with Crippen molar-refractivity contribution in [1.82, 2.24) is 14.5 Å². The maximum absolute atomic E-state index is 13.0. The monoisotopic (exact) mass is 356 g/mol. The second kappa shape index (κ2) is 7.03. The number of carbonyl (C=O) groups is 1. The lowest BCUT2D eigenvalue weighted by Crippen LogP contribution is -2.30. The Labute approximate surface area is 149 Å². The molecule has 25 heavy (non-hydrogen) atoms. The summed E-state index contributed by atoms with van der Waals surface area (Å²) in [6.07, 6.45) is 0.663. The van der Waals surface area contributed by atoms with Crippen LogP contribution >= 0.6 is 11.6 Å². The number of pyridine rings is 1. The average Bonchev–Trinajstić information content (AvgIpc) is 2.59. The Morgan fingerprint density at radius 3 is 2.56 bits per heavy atom. The molecule has 3 aromatic rings. The number of halogens is 1. The van der Waals surface area contributed by atoms with E-state index in [0.29, 0.717) is 17.6 Å². The van der Waals surface area contributed by atoms with E-state index >= 15 is 0 Å². The van der Waals surface area contributed by atoms with Gasteiger partial charge in [0.15, 0.2) is 11.5 Å². The number of rotatable bonds is 4. The fourth-order valence-electron chi connectivity index (χ4n) is 2.84. The molecule has 1 amide bonds. The Morgan fingerprint density at radius 2 is 1.92 bits per heavy atom. The average molecular weight is 357 g/mol. The molecule has 0 aliphatic rings. The van der Waals surface area contributed by atoms with Gasteiger partial charge in [0.2, 0.25) is 5.91 Å². The van der Waals surface area contributed by atoms with Crippen molar-refractivity contribution in [1.29, 1.82) is 0 Å². The summed E-state index contributed by atoms with van der Waals surface area (Å²) in [5, 5.41) is 2.78. The van der Waals surface area contributed by atoms with Crippen molar-refractivity contribution in [3.63, 3.8) is 0 Å². The van der Waals surface area contributed by atoms with Gasteiger partial charge < -0.3 is 5.32 Å². The standard InChI is InChI=1S/C18H17ClN4O2/c1-3-14(12-7-5-4-6-8-12)23-17-13(9-10-15(19)22-17)21-16(18(23)25)20-11(2)24/h4-10,14H,3H2,1-2H3,(H,20,21,24)/t14-/m0/s1. The van der Waals surface area contributed by atoms with Crippen LogP contribution in [0.4, 0.5) is 5.82 Å². The number of aromatic nitrogens is 3. The van der Waals surface area contributed by atoms with Gasteiger partial charge in [-0.2, -0.15) is 0 Å². The summed E-state index contributed by atoms with van der Waals surface area (Å²) >= 11 is 6.04. The molecule has 2 heterocycles. The van der Waals surface area contributed by atoms with Gasteiger partial charge in [0.25, 0.3) is 5.56 Å². The first kappa shape index (κ1) is 17.1. The number of carbonyl (C=O) groups excluding carboxylic acids is 1. The molecule has 0 spiro atoms. The van der Waals surface area contributed by atoms with Crippen LogP contribution in [0.3, 0.4) is 0 Å². The van der Waals surface area contributed by atoms with Gasteiger partial charge in [-0.25, -0.2) is 9.97 Å². The molecule has 7 heteroatoms. The molecule has 128 valence electrons. The third-order valence-electron chi connectivity index (χ3n) is 3.88. The predicted octanol–water partition coefficient (Wildman–Crippen LogP) is 3.40. The molecule has 0 bridgehead atoms. The minimum Gasteiger partial charge on any atom is -0.306 e. The highest BCUT2D eigenvalue weighted by molar-refractivity contribution is 6.29. The number of hydrogen-bond acceptors (Lipinski definition) is 4. The van der Waals surface area contributed by atoms with Gasteiger partial charge in [0.05, 0.1) is 6.04 Å². The number of nitrogens with zero attached hydrogens (tertiary/aromatic N) is 3. The van der Waals surface area contributed by atoms with Crippen LogP contribution in [0.1, 0.15) is 31.9 Å². The van der Waals surface area contributed by atoms with Crippen LogP contribution in [-0.2, 0) is 4.79 Å². The van der Waals surface area contributed by atoms with E-state index in [-0.39, 0.29) is 22.9 Å². The Bertz CT molecular complexity index is 986. The normalized spacial score (nSPS) is 12.1. The zero-order valence-corrected chi connectivity index (χ0v) is 14.6. The summed E-state index contributed by atoms with van der Waals surface area (Å²) in [5.74, 6) is -0.372. The van der Waals surface area contributed by atoms with E-state index in [1.54, 1.807) is 16.7 Å². The van der Waals surface area contributed by atoms with Crippen LogP contribution in [0.5, 0.6) is 0 Å². The zero-order valence-electron chi connectivity index (χ0n) is 13.9. The van der Waals surface area contributed by atoms with Gasteiger partial charge in [-0.3, -0.25) is 14.2 Å². The van der Waals surface area contributed by atoms with Gasteiger partial charge in [-0.15, -0.1) is 0 Å². The second-order valence-corrected chi connectivity index (χ2v) is 6.02. The van der Waals surface area contributed by atoms with Crippen LogP contribution in [0.15, 0.2) is 47.3 Å². The molecule has 1 atom stereocenters. The van der Waals surface area contributed by atoms with Gasteiger partial charge in [0.1, 0.15) is 10.7 Å². The van der Waals surface area contributed by atoms with Crippen LogP contribution in [0, 0.1) is 0 Å². The summed E-state index contributed by atoms with van der Waals surface area (Å²) < 4.78 is 1.55. The van der Waals surface area contributed by atoms with Crippen LogP contribution < -0.4 is 10.9 Å². The molecule has 3 rings (SSSR count). The summed E-state index contributed by atoms with van der Waals surface area (Å²) in [7, 11) is 0. The van der Waals surface area contributed by atoms with E-state index in [2.05, 4.69) is 15.3 Å². The van der Waals surface area contributed by atoms with Gasteiger partial charge >= 0.3 is 0 Å². The number of nitrogens with one attached hydrogen (secondary N) is 1. The van der Waals surface area contributed by atoms with Crippen molar-refractivity contribution >= 4 is 34.5 Å². The highest BCUT2D eigenvalue weighted by Gasteiger charge is 2.20. The van der Waals surface area contributed by atoms with Crippen LogP contribution in [-0.4, -0.2) is 20.4 Å². The zero-order chi connectivity index (χ0) is 18.0. The van der Waals surface area contributed by atoms with Gasteiger partial charge in [-0.1, -0.05) is 48.9 Å². The SMILES string of the molecule is CC[C@@H](c1ccccc1)n1c(=O)c(NC(C)=O)nc2ccc(Cl)nc21. The summed E-state index contributed by atoms with van der Waals surface area (Å²) in [6, 6.07) is 12.7. The molecule has 0 aliphatic heterocycles. The molecule has 0 radical (unpaired) electrons. The van der Waals surface area contributed by atoms with E-state index in [4.69, 9.17) is 11.6 Å². The van der Waals surface area contributed by atoms with Crippen molar-refractivity contribution in [2.75, 3.05) is 5.32 Å². The third-order valence-corrected chi connectivity index (χ3v) is 4.09. The fourth-order valence-corrected chi connectivity index (χ4v) is 2.98. The number of benzene rings is 1.